The molecular weight excluding hydrogens is 611 g/mol. The highest BCUT2D eigenvalue weighted by Crippen LogP contribution is 2.38. The number of carbonyl (C=O) groups is 3. The first kappa shape index (κ1) is 30.7. The second kappa shape index (κ2) is 12.4. The zero-order valence-corrected chi connectivity index (χ0v) is 26.2. The first-order valence-corrected chi connectivity index (χ1v) is 16.3. The Kier molecular flexibility index (Phi) is 8.25. The molecule has 4 aliphatic heterocycles. The van der Waals surface area contributed by atoms with Gasteiger partial charge in [-0.25, -0.2) is 14.4 Å². The van der Waals surface area contributed by atoms with Crippen LogP contribution in [-0.4, -0.2) is 74.8 Å². The molecule has 0 bridgehead atoms. The van der Waals surface area contributed by atoms with Crippen LogP contribution in [0.2, 0.25) is 5.02 Å². The van der Waals surface area contributed by atoms with E-state index in [-0.39, 0.29) is 36.4 Å². The third-order valence-electron chi connectivity index (χ3n) is 10.0. The minimum atomic E-state index is -1.35. The zero-order chi connectivity index (χ0) is 32.0. The van der Waals surface area contributed by atoms with Crippen molar-refractivity contribution in [2.45, 2.75) is 69.2 Å². The number of anilines is 1. The minimum absolute atomic E-state index is 0.140. The van der Waals surface area contributed by atoms with E-state index in [9.17, 15) is 19.5 Å². The second-order valence-electron chi connectivity index (χ2n) is 12.9. The van der Waals surface area contributed by atoms with Gasteiger partial charge in [0.25, 0.3) is 5.91 Å². The van der Waals surface area contributed by atoms with Crippen LogP contribution in [0.5, 0.6) is 0 Å². The molecule has 0 radical (unpaired) electrons. The highest BCUT2D eigenvalue weighted by Gasteiger charge is 2.42. The maximum atomic E-state index is 15.4. The summed E-state index contributed by atoms with van der Waals surface area (Å²) in [5.41, 5.74) is 2.00. The summed E-state index contributed by atoms with van der Waals surface area (Å²) in [7, 11) is 0. The van der Waals surface area contributed by atoms with Gasteiger partial charge in [-0.15, -0.1) is 0 Å². The number of aliphatic hydroxyl groups is 1. The summed E-state index contributed by atoms with van der Waals surface area (Å²) in [6.07, 6.45) is 6.40. The number of carbonyl (C=O) groups excluding carboxylic acids is 3. The number of fused-ring (bicyclic) bond motifs is 1. The van der Waals surface area contributed by atoms with Crippen molar-refractivity contribution in [2.75, 3.05) is 31.1 Å². The van der Waals surface area contributed by atoms with Gasteiger partial charge >= 0.3 is 0 Å². The molecule has 10 nitrogen and oxygen atoms in total. The smallest absolute Gasteiger partial charge is 0.255 e. The van der Waals surface area contributed by atoms with Gasteiger partial charge < -0.3 is 14.9 Å². The fraction of sp³-hybridized carbons (Fsp3) is 0.441. The third kappa shape index (κ3) is 5.99. The van der Waals surface area contributed by atoms with E-state index in [1.807, 2.05) is 0 Å². The van der Waals surface area contributed by atoms with Crippen LogP contribution in [-0.2, 0) is 28.3 Å². The third-order valence-corrected chi connectivity index (χ3v) is 10.2. The monoisotopic (exact) mass is 646 g/mol. The molecular formula is C34H36ClFN6O4. The predicted octanol–water partition coefficient (Wildman–Crippen LogP) is 3.90. The van der Waals surface area contributed by atoms with Gasteiger partial charge in [-0.3, -0.25) is 24.6 Å². The number of benzene rings is 2. The molecule has 2 N–H and O–H groups in total. The molecule has 3 aromatic rings. The summed E-state index contributed by atoms with van der Waals surface area (Å²) >= 11 is 5.94. The first-order chi connectivity index (χ1) is 22.2. The lowest BCUT2D eigenvalue weighted by molar-refractivity contribution is -0.136. The van der Waals surface area contributed by atoms with Crippen molar-refractivity contribution >= 4 is 35.0 Å². The number of nitrogens with one attached hydrogen (secondary N) is 1. The number of piperidine rings is 3. The Balaban J connectivity index is 0.940. The van der Waals surface area contributed by atoms with Gasteiger partial charge in [0, 0.05) is 80.8 Å². The zero-order valence-electron chi connectivity index (χ0n) is 25.4. The van der Waals surface area contributed by atoms with Crippen LogP contribution in [0, 0.1) is 5.82 Å². The fourth-order valence-corrected chi connectivity index (χ4v) is 7.39. The molecule has 7 rings (SSSR count). The van der Waals surface area contributed by atoms with Crippen LogP contribution in [0.25, 0.3) is 0 Å². The minimum Gasteiger partial charge on any atom is -0.385 e. The van der Waals surface area contributed by atoms with Crippen LogP contribution in [0.1, 0.15) is 77.3 Å². The standard InChI is InChI=1S/C34H36ClFN6O4/c35-24-17-37-31(38-18-24)22-7-11-41(12-8-22)25-3-1-21(2-4-25)19-40-13-9-34(46,10-14-40)27-15-23-20-42(33(45)26(23)16-28(27)36)29-5-6-30(43)39-32(29)44/h1-4,15-18,22,29,46H,5-14,19-20H2,(H,39,43,44). The Labute approximate surface area is 271 Å². The average Bonchev–Trinajstić information content (AvgIpc) is 3.37. The SMILES string of the molecule is O=C1CCC(N2Cc3cc(C4(O)CCN(Cc5ccc(N6CCC(c7ncc(Cl)cn7)CC6)cc5)CC4)c(F)cc3C2=O)C(=O)N1. The molecule has 3 saturated heterocycles. The molecule has 3 fully saturated rings. The molecule has 0 saturated carbocycles. The lowest BCUT2D eigenvalue weighted by atomic mass is 9.82. The molecule has 1 atom stereocenters. The molecule has 2 aromatic carbocycles. The second-order valence-corrected chi connectivity index (χ2v) is 13.3. The van der Waals surface area contributed by atoms with Crippen LogP contribution < -0.4 is 10.2 Å². The number of aromatic nitrogens is 2. The van der Waals surface area contributed by atoms with E-state index in [0.717, 1.165) is 38.3 Å². The topological polar surface area (TPSA) is 119 Å². The maximum Gasteiger partial charge on any atom is 0.255 e. The molecule has 240 valence electrons. The molecule has 5 heterocycles. The molecule has 4 aliphatic rings. The molecule has 0 aliphatic carbocycles. The Morgan fingerprint density at radius 1 is 0.978 bits per heavy atom. The number of hydrogen-bond acceptors (Lipinski definition) is 8. The molecule has 12 heteroatoms. The van der Waals surface area contributed by atoms with E-state index in [0.29, 0.717) is 42.4 Å². The van der Waals surface area contributed by atoms with Crippen molar-refractivity contribution in [3.63, 3.8) is 0 Å². The summed E-state index contributed by atoms with van der Waals surface area (Å²) in [6, 6.07) is 10.6. The Bertz CT molecular complexity index is 1650. The molecule has 0 spiro atoms. The van der Waals surface area contributed by atoms with E-state index < -0.39 is 29.3 Å². The predicted molar refractivity (Wildman–Crippen MR) is 169 cm³/mol. The van der Waals surface area contributed by atoms with E-state index in [4.69, 9.17) is 11.6 Å². The Morgan fingerprint density at radius 3 is 2.35 bits per heavy atom. The van der Waals surface area contributed by atoms with Crippen LogP contribution >= 0.6 is 11.6 Å². The summed E-state index contributed by atoms with van der Waals surface area (Å²) in [5.74, 6) is -0.719. The van der Waals surface area contributed by atoms with Crippen LogP contribution in [0.15, 0.2) is 48.8 Å². The summed E-state index contributed by atoms with van der Waals surface area (Å²) < 4.78 is 15.4. The Hall–Kier alpha value is -3.93. The molecule has 1 unspecified atom stereocenters. The van der Waals surface area contributed by atoms with Crippen molar-refractivity contribution in [2.24, 2.45) is 0 Å². The average molecular weight is 647 g/mol. The van der Waals surface area contributed by atoms with E-state index in [2.05, 4.69) is 49.4 Å². The lowest BCUT2D eigenvalue weighted by Gasteiger charge is -2.39. The van der Waals surface area contributed by atoms with Gasteiger partial charge in [0.15, 0.2) is 0 Å². The Morgan fingerprint density at radius 2 is 1.67 bits per heavy atom. The number of amides is 3. The van der Waals surface area contributed by atoms with Crippen molar-refractivity contribution in [3.8, 4) is 0 Å². The van der Waals surface area contributed by atoms with E-state index >= 15 is 4.39 Å². The molecule has 1 aromatic heterocycles. The quantitative estimate of drug-likeness (QED) is 0.387. The van der Waals surface area contributed by atoms with Crippen molar-refractivity contribution in [3.05, 3.63) is 87.7 Å². The van der Waals surface area contributed by atoms with Crippen LogP contribution in [0.3, 0.4) is 0 Å². The number of likely N-dealkylation sites (tertiary alicyclic amines) is 1. The number of halogens is 2. The lowest BCUT2D eigenvalue weighted by Crippen LogP contribution is -2.52. The summed E-state index contributed by atoms with van der Waals surface area (Å²) in [5, 5.41) is 14.4. The van der Waals surface area contributed by atoms with Gasteiger partial charge in [0.05, 0.1) is 10.6 Å². The highest BCUT2D eigenvalue weighted by molar-refractivity contribution is 6.30. The summed E-state index contributed by atoms with van der Waals surface area (Å²) in [6.45, 7) is 3.92. The van der Waals surface area contributed by atoms with Crippen molar-refractivity contribution < 1.29 is 23.9 Å². The van der Waals surface area contributed by atoms with Crippen molar-refractivity contribution in [1.29, 1.82) is 0 Å². The largest absolute Gasteiger partial charge is 0.385 e. The number of hydrogen-bond donors (Lipinski definition) is 2. The van der Waals surface area contributed by atoms with E-state index in [1.165, 1.54) is 22.2 Å². The van der Waals surface area contributed by atoms with Crippen molar-refractivity contribution in [1.82, 2.24) is 25.1 Å². The van der Waals surface area contributed by atoms with E-state index in [1.54, 1.807) is 18.5 Å². The van der Waals surface area contributed by atoms with Gasteiger partial charge in [-0.2, -0.15) is 0 Å². The highest BCUT2D eigenvalue weighted by atomic mass is 35.5. The fourth-order valence-electron chi connectivity index (χ4n) is 7.30. The van der Waals surface area contributed by atoms with Crippen LogP contribution in [0.4, 0.5) is 10.1 Å². The summed E-state index contributed by atoms with van der Waals surface area (Å²) in [4.78, 5) is 51.9. The number of nitrogens with zero attached hydrogens (tertiary/aromatic N) is 5. The molecule has 46 heavy (non-hydrogen) atoms. The first-order valence-electron chi connectivity index (χ1n) is 15.9. The number of rotatable bonds is 6. The normalized spacial score (nSPS) is 22.2. The van der Waals surface area contributed by atoms with Gasteiger partial charge in [0.2, 0.25) is 11.8 Å². The van der Waals surface area contributed by atoms with Gasteiger partial charge in [-0.1, -0.05) is 23.7 Å². The molecule has 3 amide bonds. The van der Waals surface area contributed by atoms with Gasteiger partial charge in [-0.05, 0) is 67.5 Å². The number of imide groups is 1. The van der Waals surface area contributed by atoms with Gasteiger partial charge in [0.1, 0.15) is 17.7 Å². The maximum absolute atomic E-state index is 15.4.